The maximum atomic E-state index is 13.1. The summed E-state index contributed by atoms with van der Waals surface area (Å²) in [6.45, 7) is 8.09. The van der Waals surface area contributed by atoms with E-state index in [9.17, 15) is 9.59 Å². The van der Waals surface area contributed by atoms with Crippen molar-refractivity contribution in [2.24, 2.45) is 0 Å². The number of nitrogens with one attached hydrogen (secondary N) is 1. The van der Waals surface area contributed by atoms with Gasteiger partial charge in [0.2, 0.25) is 5.16 Å². The molecule has 0 saturated carbocycles. The molecule has 0 saturated heterocycles. The first kappa shape index (κ1) is 21.0. The van der Waals surface area contributed by atoms with Crippen molar-refractivity contribution >= 4 is 45.6 Å². The molecule has 0 aliphatic carbocycles. The molecule has 1 atom stereocenters. The lowest BCUT2D eigenvalue weighted by molar-refractivity contribution is 0.0599. The van der Waals surface area contributed by atoms with Crippen LogP contribution < -0.4 is 0 Å². The van der Waals surface area contributed by atoms with E-state index in [0.717, 1.165) is 28.6 Å². The van der Waals surface area contributed by atoms with Gasteiger partial charge in [-0.3, -0.25) is 4.79 Å². The van der Waals surface area contributed by atoms with E-state index in [-0.39, 0.29) is 5.78 Å². The molecule has 0 radical (unpaired) electrons. The Morgan fingerprint density at radius 3 is 2.68 bits per heavy atom. The molecule has 3 heterocycles. The lowest BCUT2D eigenvalue weighted by Crippen LogP contribution is -2.16. The third-order valence-electron chi connectivity index (χ3n) is 5.40. The molecule has 8 nitrogen and oxygen atoms in total. The number of methoxy groups -OCH3 is 1. The summed E-state index contributed by atoms with van der Waals surface area (Å²) in [5, 5.41) is 9.62. The number of carbonyl (C=O) groups is 2. The second kappa shape index (κ2) is 8.14. The molecule has 0 spiro atoms. The van der Waals surface area contributed by atoms with Crippen molar-refractivity contribution in [3.63, 3.8) is 0 Å². The van der Waals surface area contributed by atoms with Gasteiger partial charge in [0.15, 0.2) is 11.4 Å². The largest absolute Gasteiger partial charge is 0.465 e. The number of ether oxygens (including phenoxy) is 1. The number of hydrogen-bond donors (Lipinski definition) is 1. The number of benzene rings is 1. The SMILES string of the molecule is CCn1c2ccccc2c2nnc(S[C@@H](C)C(=O)c3[nH]c(C)c(C(=O)OC)c3C)nc21. The molecule has 3 aromatic heterocycles. The monoisotopic (exact) mass is 437 g/mol. The van der Waals surface area contributed by atoms with Crippen molar-refractivity contribution in [2.75, 3.05) is 7.11 Å². The number of fused-ring (bicyclic) bond motifs is 3. The van der Waals surface area contributed by atoms with E-state index in [1.54, 1.807) is 20.8 Å². The van der Waals surface area contributed by atoms with Crippen molar-refractivity contribution in [1.29, 1.82) is 0 Å². The first-order valence-electron chi connectivity index (χ1n) is 9.97. The zero-order valence-corrected chi connectivity index (χ0v) is 18.8. The van der Waals surface area contributed by atoms with Crippen LogP contribution in [0.5, 0.6) is 0 Å². The number of carbonyl (C=O) groups excluding carboxylic acids is 2. The Labute approximate surface area is 183 Å². The van der Waals surface area contributed by atoms with Crippen molar-refractivity contribution in [3.8, 4) is 0 Å². The smallest absolute Gasteiger partial charge is 0.339 e. The summed E-state index contributed by atoms with van der Waals surface area (Å²) < 4.78 is 6.92. The standard InChI is InChI=1S/C22H23N5O3S/c1-6-27-15-10-8-7-9-14(15)18-20(27)24-22(26-25-18)31-13(4)19(28)17-11(2)16(12(3)23-17)21(29)30-5/h7-10,13,23H,6H2,1-5H3/t13-/m0/s1. The maximum Gasteiger partial charge on any atom is 0.339 e. The van der Waals surface area contributed by atoms with E-state index in [4.69, 9.17) is 9.72 Å². The number of nitrogens with zero attached hydrogens (tertiary/aromatic N) is 4. The highest BCUT2D eigenvalue weighted by Crippen LogP contribution is 2.29. The predicted octanol–water partition coefficient (Wildman–Crippen LogP) is 4.09. The molecule has 1 N–H and O–H groups in total. The number of hydrogen-bond acceptors (Lipinski definition) is 7. The summed E-state index contributed by atoms with van der Waals surface area (Å²) in [6.07, 6.45) is 0. The van der Waals surface area contributed by atoms with Crippen LogP contribution in [0.1, 0.15) is 46.0 Å². The number of esters is 1. The number of aryl methyl sites for hydroxylation is 2. The van der Waals surface area contributed by atoms with Gasteiger partial charge >= 0.3 is 5.97 Å². The highest BCUT2D eigenvalue weighted by molar-refractivity contribution is 8.00. The lowest BCUT2D eigenvalue weighted by atomic mass is 10.1. The van der Waals surface area contributed by atoms with Crippen LogP contribution >= 0.6 is 11.8 Å². The van der Waals surface area contributed by atoms with Crippen LogP contribution in [0.2, 0.25) is 0 Å². The maximum absolute atomic E-state index is 13.1. The number of thioether (sulfide) groups is 1. The van der Waals surface area contributed by atoms with Crippen molar-refractivity contribution in [2.45, 2.75) is 44.6 Å². The Hall–Kier alpha value is -3.20. The van der Waals surface area contributed by atoms with Crippen LogP contribution in [-0.2, 0) is 11.3 Å². The summed E-state index contributed by atoms with van der Waals surface area (Å²) in [6, 6.07) is 8.00. The first-order chi connectivity index (χ1) is 14.9. The number of Topliss-reactive ketones (excluding diaryl/α,β-unsaturated/α-hetero) is 1. The van der Waals surface area contributed by atoms with Gasteiger partial charge in [-0.25, -0.2) is 9.78 Å². The molecule has 0 fully saturated rings. The highest BCUT2D eigenvalue weighted by atomic mass is 32.2. The fourth-order valence-electron chi connectivity index (χ4n) is 3.88. The Morgan fingerprint density at radius 1 is 1.23 bits per heavy atom. The van der Waals surface area contributed by atoms with Gasteiger partial charge in [0.25, 0.3) is 0 Å². The summed E-state index contributed by atoms with van der Waals surface area (Å²) in [5.74, 6) is -0.600. The zero-order chi connectivity index (χ0) is 22.3. The van der Waals surface area contributed by atoms with Crippen LogP contribution in [0, 0.1) is 13.8 Å². The molecule has 0 aliphatic rings. The van der Waals surface area contributed by atoms with Gasteiger partial charge in [0, 0.05) is 17.6 Å². The van der Waals surface area contributed by atoms with E-state index >= 15 is 0 Å². The van der Waals surface area contributed by atoms with E-state index in [2.05, 4.69) is 26.7 Å². The Bertz CT molecular complexity index is 1320. The molecule has 4 aromatic rings. The molecular formula is C22H23N5O3S. The minimum atomic E-state index is -0.471. The normalized spacial score (nSPS) is 12.4. The van der Waals surface area contributed by atoms with Gasteiger partial charge in [-0.1, -0.05) is 30.0 Å². The number of aromatic amines is 1. The summed E-state index contributed by atoms with van der Waals surface area (Å²) in [4.78, 5) is 32.8. The van der Waals surface area contributed by atoms with E-state index in [1.807, 2.05) is 24.3 Å². The van der Waals surface area contributed by atoms with E-state index in [1.165, 1.54) is 18.9 Å². The number of H-pyrrole nitrogens is 1. The summed E-state index contributed by atoms with van der Waals surface area (Å²) in [7, 11) is 1.32. The third kappa shape index (κ3) is 3.48. The van der Waals surface area contributed by atoms with Crippen molar-refractivity contribution in [1.82, 2.24) is 24.7 Å². The molecule has 160 valence electrons. The van der Waals surface area contributed by atoms with Crippen molar-refractivity contribution in [3.05, 3.63) is 46.8 Å². The second-order valence-electron chi connectivity index (χ2n) is 7.27. The van der Waals surface area contributed by atoms with Crippen molar-refractivity contribution < 1.29 is 14.3 Å². The average molecular weight is 438 g/mol. The number of aromatic nitrogens is 5. The van der Waals surface area contributed by atoms with Gasteiger partial charge < -0.3 is 14.3 Å². The topological polar surface area (TPSA) is 103 Å². The lowest BCUT2D eigenvalue weighted by Gasteiger charge is -2.09. The fraction of sp³-hybridized carbons (Fsp3) is 0.318. The minimum Gasteiger partial charge on any atom is -0.465 e. The Balaban J connectivity index is 1.66. The number of para-hydroxylation sites is 1. The quantitative estimate of drug-likeness (QED) is 0.275. The van der Waals surface area contributed by atoms with Crippen LogP contribution in [0.15, 0.2) is 29.4 Å². The van der Waals surface area contributed by atoms with E-state index in [0.29, 0.717) is 27.7 Å². The Kier molecular flexibility index (Phi) is 5.53. The molecular weight excluding hydrogens is 414 g/mol. The molecule has 31 heavy (non-hydrogen) atoms. The molecule has 1 aromatic carbocycles. The molecule has 9 heteroatoms. The second-order valence-corrected chi connectivity index (χ2v) is 8.58. The first-order valence-corrected chi connectivity index (χ1v) is 10.8. The zero-order valence-electron chi connectivity index (χ0n) is 18.0. The number of rotatable bonds is 6. The average Bonchev–Trinajstić information content (AvgIpc) is 3.25. The van der Waals surface area contributed by atoms with Gasteiger partial charge in [0.1, 0.15) is 5.52 Å². The van der Waals surface area contributed by atoms with Gasteiger partial charge in [-0.15, -0.1) is 10.2 Å². The minimum absolute atomic E-state index is 0.138. The van der Waals surface area contributed by atoms with Gasteiger partial charge in [-0.05, 0) is 39.3 Å². The molecule has 0 bridgehead atoms. The fourth-order valence-corrected chi connectivity index (χ4v) is 4.65. The Morgan fingerprint density at radius 2 is 1.97 bits per heavy atom. The highest BCUT2D eigenvalue weighted by Gasteiger charge is 2.27. The van der Waals surface area contributed by atoms with Crippen LogP contribution in [-0.4, -0.2) is 48.8 Å². The molecule has 0 unspecified atom stereocenters. The van der Waals surface area contributed by atoms with Crippen LogP contribution in [0.3, 0.4) is 0 Å². The predicted molar refractivity (Wildman–Crippen MR) is 120 cm³/mol. The number of ketones is 1. The van der Waals surface area contributed by atoms with Crippen LogP contribution in [0.4, 0.5) is 0 Å². The van der Waals surface area contributed by atoms with Gasteiger partial charge in [0.05, 0.1) is 29.1 Å². The summed E-state index contributed by atoms with van der Waals surface area (Å²) in [5.41, 5.74) is 4.55. The van der Waals surface area contributed by atoms with Crippen LogP contribution in [0.25, 0.3) is 22.1 Å². The molecule has 0 aliphatic heterocycles. The van der Waals surface area contributed by atoms with Gasteiger partial charge in [-0.2, -0.15) is 0 Å². The van der Waals surface area contributed by atoms with E-state index < -0.39 is 11.2 Å². The summed E-state index contributed by atoms with van der Waals surface area (Å²) >= 11 is 1.24. The molecule has 0 amide bonds. The molecule has 4 rings (SSSR count). The third-order valence-corrected chi connectivity index (χ3v) is 6.35.